The number of nitrogens with one attached hydrogen (secondary N) is 1. The topological polar surface area (TPSA) is 88.2 Å². The first-order chi connectivity index (χ1) is 11.1. The molecular formula is C17H15N3O3. The maximum Gasteiger partial charge on any atom is 0.251 e. The van der Waals surface area contributed by atoms with Crippen molar-refractivity contribution in [2.24, 2.45) is 0 Å². The van der Waals surface area contributed by atoms with E-state index in [-0.39, 0.29) is 11.7 Å². The average Bonchev–Trinajstić information content (AvgIpc) is 3.10. The SMILES string of the molecule is Cc1ccc(O)cc1C(=O)NCc1ccc(-c2ncon2)cc1. The van der Waals surface area contributed by atoms with Crippen molar-refractivity contribution in [3.05, 3.63) is 65.5 Å². The highest BCUT2D eigenvalue weighted by molar-refractivity contribution is 5.95. The van der Waals surface area contributed by atoms with E-state index in [9.17, 15) is 9.90 Å². The third-order valence-corrected chi connectivity index (χ3v) is 3.49. The first-order valence-corrected chi connectivity index (χ1v) is 7.07. The van der Waals surface area contributed by atoms with Gasteiger partial charge in [-0.15, -0.1) is 0 Å². The minimum absolute atomic E-state index is 0.0743. The summed E-state index contributed by atoms with van der Waals surface area (Å²) >= 11 is 0. The summed E-state index contributed by atoms with van der Waals surface area (Å²) in [7, 11) is 0. The maximum absolute atomic E-state index is 12.2. The maximum atomic E-state index is 12.2. The van der Waals surface area contributed by atoms with Crippen LogP contribution in [0.3, 0.4) is 0 Å². The zero-order valence-electron chi connectivity index (χ0n) is 12.5. The summed E-state index contributed by atoms with van der Waals surface area (Å²) in [4.78, 5) is 16.2. The lowest BCUT2D eigenvalue weighted by Crippen LogP contribution is -2.23. The number of aryl methyl sites for hydroxylation is 1. The minimum Gasteiger partial charge on any atom is -0.508 e. The van der Waals surface area contributed by atoms with Crippen molar-refractivity contribution in [3.8, 4) is 17.1 Å². The number of nitrogens with zero attached hydrogens (tertiary/aromatic N) is 2. The smallest absolute Gasteiger partial charge is 0.251 e. The van der Waals surface area contributed by atoms with Crippen LogP contribution in [0.2, 0.25) is 0 Å². The third kappa shape index (κ3) is 3.37. The number of phenolic OH excluding ortho intramolecular Hbond substituents is 1. The van der Waals surface area contributed by atoms with Gasteiger partial charge < -0.3 is 14.9 Å². The van der Waals surface area contributed by atoms with Crippen LogP contribution in [0.1, 0.15) is 21.5 Å². The number of aromatic nitrogens is 2. The van der Waals surface area contributed by atoms with Gasteiger partial charge in [-0.3, -0.25) is 4.79 Å². The van der Waals surface area contributed by atoms with Crippen LogP contribution in [0.4, 0.5) is 0 Å². The van der Waals surface area contributed by atoms with Gasteiger partial charge in [0.25, 0.3) is 5.91 Å². The second kappa shape index (κ2) is 6.31. The Labute approximate surface area is 132 Å². The van der Waals surface area contributed by atoms with Crippen LogP contribution in [-0.2, 0) is 6.54 Å². The van der Waals surface area contributed by atoms with Crippen molar-refractivity contribution >= 4 is 5.91 Å². The molecule has 3 rings (SSSR count). The lowest BCUT2D eigenvalue weighted by atomic mass is 10.1. The number of benzene rings is 2. The number of hydrogen-bond acceptors (Lipinski definition) is 5. The standard InChI is InChI=1S/C17H15N3O3/c1-11-2-7-14(21)8-15(11)17(22)18-9-12-3-5-13(6-4-12)16-19-10-23-20-16/h2-8,10,21H,9H2,1H3,(H,18,22). The highest BCUT2D eigenvalue weighted by atomic mass is 16.5. The van der Waals surface area contributed by atoms with Crippen LogP contribution < -0.4 is 5.32 Å². The fourth-order valence-electron chi connectivity index (χ4n) is 2.20. The summed E-state index contributed by atoms with van der Waals surface area (Å²) in [5, 5.41) is 16.1. The lowest BCUT2D eigenvalue weighted by molar-refractivity contribution is 0.0950. The quantitative estimate of drug-likeness (QED) is 0.773. The molecule has 0 atom stereocenters. The van der Waals surface area contributed by atoms with Gasteiger partial charge in [-0.1, -0.05) is 35.5 Å². The van der Waals surface area contributed by atoms with Crippen molar-refractivity contribution in [1.82, 2.24) is 15.5 Å². The molecule has 3 aromatic rings. The van der Waals surface area contributed by atoms with Crippen LogP contribution >= 0.6 is 0 Å². The minimum atomic E-state index is -0.222. The van der Waals surface area contributed by atoms with Crippen molar-refractivity contribution in [2.75, 3.05) is 0 Å². The largest absolute Gasteiger partial charge is 0.508 e. The number of rotatable bonds is 4. The van der Waals surface area contributed by atoms with E-state index in [0.29, 0.717) is 17.9 Å². The second-order valence-electron chi connectivity index (χ2n) is 5.13. The lowest BCUT2D eigenvalue weighted by Gasteiger charge is -2.08. The molecule has 0 spiro atoms. The van der Waals surface area contributed by atoms with Crippen LogP contribution in [0.25, 0.3) is 11.4 Å². The van der Waals surface area contributed by atoms with Gasteiger partial charge in [0.05, 0.1) is 0 Å². The molecule has 2 N–H and O–H groups in total. The summed E-state index contributed by atoms with van der Waals surface area (Å²) in [5.74, 6) is 0.377. The highest BCUT2D eigenvalue weighted by Gasteiger charge is 2.10. The molecule has 6 heteroatoms. The van der Waals surface area contributed by atoms with E-state index >= 15 is 0 Å². The summed E-state index contributed by atoms with van der Waals surface area (Å²) in [5.41, 5.74) is 3.07. The number of aromatic hydroxyl groups is 1. The summed E-state index contributed by atoms with van der Waals surface area (Å²) in [6.45, 7) is 2.22. The first kappa shape index (κ1) is 14.8. The van der Waals surface area contributed by atoms with Crippen molar-refractivity contribution in [3.63, 3.8) is 0 Å². The number of hydrogen-bond donors (Lipinski definition) is 2. The van der Waals surface area contributed by atoms with E-state index in [1.54, 1.807) is 12.1 Å². The second-order valence-corrected chi connectivity index (χ2v) is 5.13. The molecule has 1 amide bonds. The molecule has 0 saturated carbocycles. The van der Waals surface area contributed by atoms with Gasteiger partial charge in [-0.25, -0.2) is 0 Å². The Morgan fingerprint density at radius 3 is 2.70 bits per heavy atom. The summed E-state index contributed by atoms with van der Waals surface area (Å²) in [6.07, 6.45) is 1.28. The monoisotopic (exact) mass is 309 g/mol. The average molecular weight is 309 g/mol. The molecule has 6 nitrogen and oxygen atoms in total. The van der Waals surface area contributed by atoms with E-state index in [1.165, 1.54) is 12.5 Å². The molecule has 116 valence electrons. The molecule has 1 aromatic heterocycles. The normalized spacial score (nSPS) is 10.5. The molecular weight excluding hydrogens is 294 g/mol. The molecule has 0 radical (unpaired) electrons. The van der Waals surface area contributed by atoms with Gasteiger partial charge in [0.2, 0.25) is 12.2 Å². The van der Waals surface area contributed by atoms with E-state index in [1.807, 2.05) is 31.2 Å². The molecule has 0 aliphatic rings. The summed E-state index contributed by atoms with van der Waals surface area (Å²) in [6, 6.07) is 12.2. The molecule has 0 aliphatic heterocycles. The van der Waals surface area contributed by atoms with Crippen LogP contribution in [-0.4, -0.2) is 21.2 Å². The molecule has 23 heavy (non-hydrogen) atoms. The molecule has 0 bridgehead atoms. The number of carbonyl (C=O) groups is 1. The Bertz CT molecular complexity index is 812. The fraction of sp³-hybridized carbons (Fsp3) is 0.118. The van der Waals surface area contributed by atoms with Gasteiger partial charge in [0.15, 0.2) is 0 Å². The number of amides is 1. The van der Waals surface area contributed by atoms with Gasteiger partial charge in [0.1, 0.15) is 5.75 Å². The number of carbonyl (C=O) groups excluding carboxylic acids is 1. The molecule has 0 aliphatic carbocycles. The predicted octanol–water partition coefficient (Wildman–Crippen LogP) is 2.68. The highest BCUT2D eigenvalue weighted by Crippen LogP contribution is 2.17. The van der Waals surface area contributed by atoms with E-state index < -0.39 is 0 Å². The molecule has 1 heterocycles. The zero-order valence-corrected chi connectivity index (χ0v) is 12.5. The van der Waals surface area contributed by atoms with Gasteiger partial charge in [-0.2, -0.15) is 4.98 Å². The predicted molar refractivity (Wildman–Crippen MR) is 83.7 cm³/mol. The van der Waals surface area contributed by atoms with Crippen molar-refractivity contribution < 1.29 is 14.4 Å². The summed E-state index contributed by atoms with van der Waals surface area (Å²) < 4.78 is 4.71. The van der Waals surface area contributed by atoms with Gasteiger partial charge in [-0.05, 0) is 30.2 Å². The first-order valence-electron chi connectivity index (χ1n) is 7.07. The molecule has 2 aromatic carbocycles. The van der Waals surface area contributed by atoms with Gasteiger partial charge in [0, 0.05) is 17.7 Å². The van der Waals surface area contributed by atoms with E-state index in [0.717, 1.165) is 16.7 Å². The van der Waals surface area contributed by atoms with E-state index in [2.05, 4.69) is 15.5 Å². The van der Waals surface area contributed by atoms with Crippen LogP contribution in [0, 0.1) is 6.92 Å². The van der Waals surface area contributed by atoms with Crippen LogP contribution in [0.15, 0.2) is 53.4 Å². The Morgan fingerprint density at radius 2 is 2.00 bits per heavy atom. The van der Waals surface area contributed by atoms with Crippen molar-refractivity contribution in [1.29, 1.82) is 0 Å². The third-order valence-electron chi connectivity index (χ3n) is 3.49. The van der Waals surface area contributed by atoms with Gasteiger partial charge >= 0.3 is 0 Å². The Morgan fingerprint density at radius 1 is 1.22 bits per heavy atom. The molecule has 0 unspecified atom stereocenters. The Balaban J connectivity index is 1.66. The molecule has 0 fully saturated rings. The Kier molecular flexibility index (Phi) is 4.05. The van der Waals surface area contributed by atoms with Crippen molar-refractivity contribution in [2.45, 2.75) is 13.5 Å². The van der Waals surface area contributed by atoms with Crippen LogP contribution in [0.5, 0.6) is 5.75 Å². The number of phenols is 1. The zero-order chi connectivity index (χ0) is 16.2. The fourth-order valence-corrected chi connectivity index (χ4v) is 2.20. The van der Waals surface area contributed by atoms with E-state index in [4.69, 9.17) is 4.52 Å². The Hall–Kier alpha value is -3.15. The molecule has 0 saturated heterocycles.